The molecule has 2 aromatic rings. The van der Waals surface area contributed by atoms with E-state index in [4.69, 9.17) is 0 Å². The van der Waals surface area contributed by atoms with Crippen molar-refractivity contribution in [3.05, 3.63) is 64.9 Å². The second kappa shape index (κ2) is 4.78. The van der Waals surface area contributed by atoms with Crippen LogP contribution in [0.5, 0.6) is 0 Å². The molecule has 2 rings (SSSR count). The first-order valence-electron chi connectivity index (χ1n) is 5.48. The molecule has 0 atom stereocenters. The van der Waals surface area contributed by atoms with E-state index in [0.29, 0.717) is 16.2 Å². The van der Waals surface area contributed by atoms with E-state index < -0.39 is 0 Å². The van der Waals surface area contributed by atoms with Crippen molar-refractivity contribution >= 4 is 11.4 Å². The molecule has 0 N–H and O–H groups in total. The van der Waals surface area contributed by atoms with Crippen LogP contribution in [0.25, 0.3) is 0 Å². The summed E-state index contributed by atoms with van der Waals surface area (Å²) in [7, 11) is 0. The molecule has 0 heterocycles. The first-order valence-corrected chi connectivity index (χ1v) is 5.48. The van der Waals surface area contributed by atoms with Gasteiger partial charge in [-0.25, -0.2) is 0 Å². The summed E-state index contributed by atoms with van der Waals surface area (Å²) in [4.78, 5) is 0.678. The molecule has 0 aliphatic carbocycles. The normalized spacial score (nSPS) is 11.5. The molecule has 2 aromatic carbocycles. The molecule has 0 bridgehead atoms. The summed E-state index contributed by atoms with van der Waals surface area (Å²) >= 11 is 0. The highest BCUT2D eigenvalue weighted by atomic mass is 16.5. The van der Waals surface area contributed by atoms with Gasteiger partial charge in [-0.15, -0.1) is 0 Å². The minimum Gasteiger partial charge on any atom is -0.594 e. The number of aryl methyl sites for hydroxylation is 2. The summed E-state index contributed by atoms with van der Waals surface area (Å²) < 4.78 is 0. The Morgan fingerprint density at radius 1 is 0.882 bits per heavy atom. The van der Waals surface area contributed by atoms with Crippen molar-refractivity contribution in [3.8, 4) is 0 Å². The highest BCUT2D eigenvalue weighted by Crippen LogP contribution is 2.22. The van der Waals surface area contributed by atoms with Crippen LogP contribution >= 0.6 is 0 Å². The van der Waals surface area contributed by atoms with Crippen LogP contribution in [0.15, 0.2) is 53.6 Å². The molecule has 0 amide bonds. The smallest absolute Gasteiger partial charge is 0.247 e. The predicted octanol–water partition coefficient (Wildman–Crippen LogP) is 4.23. The zero-order chi connectivity index (χ0) is 12.3. The van der Waals surface area contributed by atoms with Crippen molar-refractivity contribution in [3.63, 3.8) is 0 Å². The number of hydrogen-bond donors (Lipinski definition) is 0. The number of nitrogens with zero attached hydrogens (tertiary/aromatic N) is 2. The molecule has 3 heteroatoms. The number of benzene rings is 2. The van der Waals surface area contributed by atoms with Crippen LogP contribution in [-0.2, 0) is 0 Å². The fourth-order valence-electron chi connectivity index (χ4n) is 1.61. The Morgan fingerprint density at radius 2 is 1.47 bits per heavy atom. The van der Waals surface area contributed by atoms with E-state index in [0.717, 1.165) is 11.1 Å². The van der Waals surface area contributed by atoms with E-state index in [2.05, 4.69) is 5.11 Å². The van der Waals surface area contributed by atoms with Gasteiger partial charge in [0.05, 0.1) is 0 Å². The topological polar surface area (TPSA) is 38.4 Å². The minimum atomic E-state index is 0.579. The summed E-state index contributed by atoms with van der Waals surface area (Å²) in [6, 6.07) is 15.0. The summed E-state index contributed by atoms with van der Waals surface area (Å²) in [6.45, 7) is 3.83. The van der Waals surface area contributed by atoms with E-state index >= 15 is 0 Å². The lowest BCUT2D eigenvalue weighted by atomic mass is 10.2. The third-order valence-corrected chi connectivity index (χ3v) is 2.64. The molecule has 3 nitrogen and oxygen atoms in total. The van der Waals surface area contributed by atoms with Gasteiger partial charge < -0.3 is 5.21 Å². The van der Waals surface area contributed by atoms with Gasteiger partial charge in [-0.05, 0) is 30.3 Å². The SMILES string of the molecule is Cc1ccccc1/N=[N+](\[O-])c1ccccc1C. The first-order chi connectivity index (χ1) is 8.18. The van der Waals surface area contributed by atoms with Crippen molar-refractivity contribution in [2.75, 3.05) is 0 Å². The Hall–Kier alpha value is -2.16. The molecule has 0 radical (unpaired) electrons. The third-order valence-electron chi connectivity index (χ3n) is 2.64. The highest BCUT2D eigenvalue weighted by Gasteiger charge is 2.07. The molecular weight excluding hydrogens is 212 g/mol. The molecule has 0 saturated carbocycles. The summed E-state index contributed by atoms with van der Waals surface area (Å²) in [5.41, 5.74) is 3.18. The predicted molar refractivity (Wildman–Crippen MR) is 67.7 cm³/mol. The van der Waals surface area contributed by atoms with Crippen LogP contribution in [0.3, 0.4) is 0 Å². The molecule has 0 fully saturated rings. The van der Waals surface area contributed by atoms with Crippen LogP contribution < -0.4 is 0 Å². The van der Waals surface area contributed by atoms with Gasteiger partial charge in [-0.2, -0.15) is 0 Å². The fraction of sp³-hybridized carbons (Fsp3) is 0.143. The Balaban J connectivity index is 2.42. The lowest BCUT2D eigenvalue weighted by Gasteiger charge is -2.03. The van der Waals surface area contributed by atoms with Gasteiger partial charge in [0.15, 0.2) is 0 Å². The van der Waals surface area contributed by atoms with Crippen molar-refractivity contribution < 1.29 is 4.86 Å². The zero-order valence-corrected chi connectivity index (χ0v) is 9.92. The van der Waals surface area contributed by atoms with Gasteiger partial charge in [-0.1, -0.05) is 36.4 Å². The van der Waals surface area contributed by atoms with Crippen LogP contribution in [0.4, 0.5) is 11.4 Å². The fourth-order valence-corrected chi connectivity index (χ4v) is 1.61. The largest absolute Gasteiger partial charge is 0.594 e. The Bertz CT molecular complexity index is 562. The maximum atomic E-state index is 11.9. The lowest BCUT2D eigenvalue weighted by Crippen LogP contribution is -1.93. The summed E-state index contributed by atoms with van der Waals surface area (Å²) in [5, 5.41) is 16.0. The van der Waals surface area contributed by atoms with E-state index in [1.165, 1.54) is 0 Å². The van der Waals surface area contributed by atoms with E-state index in [1.807, 2.05) is 56.3 Å². The third kappa shape index (κ3) is 2.50. The van der Waals surface area contributed by atoms with Gasteiger partial charge in [-0.3, -0.25) is 0 Å². The van der Waals surface area contributed by atoms with Gasteiger partial charge >= 0.3 is 0 Å². The maximum Gasteiger partial charge on any atom is 0.247 e. The van der Waals surface area contributed by atoms with Crippen molar-refractivity contribution in [2.24, 2.45) is 5.11 Å². The van der Waals surface area contributed by atoms with Crippen molar-refractivity contribution in [1.82, 2.24) is 0 Å². The van der Waals surface area contributed by atoms with Crippen LogP contribution in [0.1, 0.15) is 11.1 Å². The molecule has 0 aliphatic heterocycles. The van der Waals surface area contributed by atoms with Gasteiger partial charge in [0.2, 0.25) is 5.69 Å². The lowest BCUT2D eigenvalue weighted by molar-refractivity contribution is -0.435. The molecule has 86 valence electrons. The van der Waals surface area contributed by atoms with Crippen LogP contribution in [0, 0.1) is 19.1 Å². The number of azo groups is 1. The first kappa shape index (κ1) is 11.3. The molecule has 0 spiro atoms. The minimum absolute atomic E-state index is 0.579. The second-order valence-corrected chi connectivity index (χ2v) is 3.95. The summed E-state index contributed by atoms with van der Waals surface area (Å²) in [6.07, 6.45) is 0. The average molecular weight is 226 g/mol. The maximum absolute atomic E-state index is 11.9. The number of hydrogen-bond acceptors (Lipinski definition) is 2. The second-order valence-electron chi connectivity index (χ2n) is 3.95. The van der Waals surface area contributed by atoms with E-state index in [-0.39, 0.29) is 0 Å². The van der Waals surface area contributed by atoms with E-state index in [9.17, 15) is 5.21 Å². The average Bonchev–Trinajstić information content (AvgIpc) is 2.32. The number of para-hydroxylation sites is 1. The van der Waals surface area contributed by atoms with Crippen LogP contribution in [0.2, 0.25) is 0 Å². The molecule has 0 unspecified atom stereocenters. The van der Waals surface area contributed by atoms with Gasteiger partial charge in [0.25, 0.3) is 0 Å². The molecule has 0 aliphatic rings. The number of rotatable bonds is 2. The van der Waals surface area contributed by atoms with Gasteiger partial charge in [0.1, 0.15) is 5.69 Å². The summed E-state index contributed by atoms with van der Waals surface area (Å²) in [5.74, 6) is 0. The molecule has 17 heavy (non-hydrogen) atoms. The quantitative estimate of drug-likeness (QED) is 0.429. The molecule has 0 aromatic heterocycles. The monoisotopic (exact) mass is 226 g/mol. The standard InChI is InChI=1S/C14H14N2O/c1-11-7-3-5-9-13(11)15-16(17)14-10-6-4-8-12(14)2/h3-10H,1-2H3/b16-15-. The highest BCUT2D eigenvalue weighted by molar-refractivity contribution is 5.44. The van der Waals surface area contributed by atoms with Crippen LogP contribution in [-0.4, -0.2) is 4.86 Å². The Morgan fingerprint density at radius 3 is 2.12 bits per heavy atom. The molecule has 0 saturated heterocycles. The molecular formula is C14H14N2O. The zero-order valence-electron chi connectivity index (χ0n) is 9.92. The van der Waals surface area contributed by atoms with Crippen molar-refractivity contribution in [2.45, 2.75) is 13.8 Å². The van der Waals surface area contributed by atoms with Gasteiger partial charge in [0, 0.05) is 16.7 Å². The van der Waals surface area contributed by atoms with Crippen molar-refractivity contribution in [1.29, 1.82) is 0 Å². The Labute approximate surface area is 101 Å². The Kier molecular flexibility index (Phi) is 3.19. The van der Waals surface area contributed by atoms with E-state index in [1.54, 1.807) is 6.07 Å².